The van der Waals surface area contributed by atoms with Gasteiger partial charge in [0.25, 0.3) is 0 Å². The number of likely N-dealkylation sites (tertiary alicyclic amines) is 1. The summed E-state index contributed by atoms with van der Waals surface area (Å²) in [6.45, 7) is 2.32. The summed E-state index contributed by atoms with van der Waals surface area (Å²) in [7, 11) is 0. The molecule has 0 spiro atoms. The summed E-state index contributed by atoms with van der Waals surface area (Å²) in [5, 5.41) is 11.8. The van der Waals surface area contributed by atoms with Crippen LogP contribution in [0.5, 0.6) is 0 Å². The Morgan fingerprint density at radius 1 is 1.06 bits per heavy atom. The molecule has 6 N–H and O–H groups in total. The largest absolute Gasteiger partial charge is 0.370 e. The van der Waals surface area contributed by atoms with Gasteiger partial charge in [0.05, 0.1) is 6.42 Å². The molecule has 34 heavy (non-hydrogen) atoms. The van der Waals surface area contributed by atoms with Crippen LogP contribution >= 0.6 is 0 Å². The van der Waals surface area contributed by atoms with Crippen molar-refractivity contribution in [3.63, 3.8) is 0 Å². The third kappa shape index (κ3) is 5.51. The van der Waals surface area contributed by atoms with Crippen LogP contribution in [-0.2, 0) is 24.0 Å². The number of piperidine rings is 1. The van der Waals surface area contributed by atoms with Gasteiger partial charge in [0.15, 0.2) is 0 Å². The van der Waals surface area contributed by atoms with E-state index in [1.54, 1.807) is 0 Å². The molecular weight excluding hydrogens is 440 g/mol. The van der Waals surface area contributed by atoms with Crippen molar-refractivity contribution in [2.75, 3.05) is 19.6 Å². The molecule has 0 aromatic carbocycles. The van der Waals surface area contributed by atoms with E-state index in [4.69, 9.17) is 5.73 Å². The maximum absolute atomic E-state index is 13.4. The molecule has 6 unspecified atom stereocenters. The van der Waals surface area contributed by atoms with E-state index in [0.717, 1.165) is 32.4 Å². The first-order valence-corrected chi connectivity index (χ1v) is 12.5. The van der Waals surface area contributed by atoms with E-state index in [1.165, 1.54) is 11.3 Å². The van der Waals surface area contributed by atoms with Gasteiger partial charge < -0.3 is 31.9 Å². The van der Waals surface area contributed by atoms with E-state index in [1.807, 2.05) is 0 Å². The fraction of sp³-hybridized carbons (Fsp3) is 0.783. The Morgan fingerprint density at radius 2 is 1.88 bits per heavy atom. The fourth-order valence-electron chi connectivity index (χ4n) is 6.05. The quantitative estimate of drug-likeness (QED) is 0.301. The molecular formula is C23H36N6O5. The van der Waals surface area contributed by atoms with E-state index < -0.39 is 35.8 Å². The number of hydrogen-bond acceptors (Lipinski definition) is 6. The van der Waals surface area contributed by atoms with Crippen molar-refractivity contribution < 1.29 is 24.0 Å². The molecule has 11 heteroatoms. The first-order chi connectivity index (χ1) is 16.3. The van der Waals surface area contributed by atoms with Crippen LogP contribution < -0.4 is 27.0 Å². The minimum atomic E-state index is -1.17. The van der Waals surface area contributed by atoms with E-state index in [-0.39, 0.29) is 30.7 Å². The third-order valence-corrected chi connectivity index (χ3v) is 7.77. The molecule has 1 aliphatic carbocycles. The third-order valence-electron chi connectivity index (χ3n) is 7.77. The summed E-state index contributed by atoms with van der Waals surface area (Å²) in [4.78, 5) is 63.8. The summed E-state index contributed by atoms with van der Waals surface area (Å²) in [5.41, 5.74) is 5.35. The number of nitrogens with zero attached hydrogens (tertiary/aromatic N) is 1. The van der Waals surface area contributed by atoms with Crippen LogP contribution in [0.15, 0.2) is 0 Å². The monoisotopic (exact) mass is 476 g/mol. The highest BCUT2D eigenvalue weighted by Crippen LogP contribution is 2.34. The van der Waals surface area contributed by atoms with Crippen LogP contribution in [0, 0.1) is 11.8 Å². The number of nitrogens with two attached hydrogens (primary N) is 1. The maximum Gasteiger partial charge on any atom is 0.246 e. The zero-order valence-electron chi connectivity index (χ0n) is 19.5. The van der Waals surface area contributed by atoms with Crippen LogP contribution in [0.3, 0.4) is 0 Å². The van der Waals surface area contributed by atoms with Crippen molar-refractivity contribution in [3.05, 3.63) is 0 Å². The number of nitrogens with one attached hydrogen (secondary N) is 4. The standard InChI is InChI=1S/C23H36N6O5/c24-19(30)11-17(28-21(32)16-6-7-20(31)26-16)23(34)29-10-2-5-18(29)22(33)27-15-4-1-3-13-12-25-9-8-14(13)15/h13-18,25H,1-12H2,(H2,24,30)(H,26,31)(H,27,33)(H,28,32). The highest BCUT2D eigenvalue weighted by atomic mass is 16.2. The number of amides is 5. The lowest BCUT2D eigenvalue weighted by Crippen LogP contribution is -2.58. The smallest absolute Gasteiger partial charge is 0.246 e. The van der Waals surface area contributed by atoms with Gasteiger partial charge in [-0.2, -0.15) is 0 Å². The summed E-state index contributed by atoms with van der Waals surface area (Å²) < 4.78 is 0. The van der Waals surface area contributed by atoms with Crippen molar-refractivity contribution in [1.82, 2.24) is 26.2 Å². The zero-order valence-corrected chi connectivity index (χ0v) is 19.5. The summed E-state index contributed by atoms with van der Waals surface area (Å²) in [5.74, 6) is -1.11. The second-order valence-corrected chi connectivity index (χ2v) is 10.0. The Balaban J connectivity index is 1.40. The number of hydrogen-bond donors (Lipinski definition) is 5. The van der Waals surface area contributed by atoms with Crippen molar-refractivity contribution in [2.24, 2.45) is 17.6 Å². The summed E-state index contributed by atoms with van der Waals surface area (Å²) in [6.07, 6.45) is 5.63. The minimum Gasteiger partial charge on any atom is -0.370 e. The normalized spacial score (nSPS) is 31.8. The fourth-order valence-corrected chi connectivity index (χ4v) is 6.05. The van der Waals surface area contributed by atoms with E-state index >= 15 is 0 Å². The van der Waals surface area contributed by atoms with E-state index in [0.29, 0.717) is 37.6 Å². The molecule has 0 radical (unpaired) electrons. The molecule has 0 aromatic heterocycles. The Labute approximate surface area is 199 Å². The van der Waals surface area contributed by atoms with Crippen molar-refractivity contribution in [3.8, 4) is 0 Å². The van der Waals surface area contributed by atoms with Crippen LogP contribution in [0.1, 0.15) is 57.8 Å². The Bertz CT molecular complexity index is 833. The van der Waals surface area contributed by atoms with Crippen molar-refractivity contribution in [1.29, 1.82) is 0 Å². The molecule has 4 aliphatic rings. The van der Waals surface area contributed by atoms with Crippen LogP contribution in [-0.4, -0.2) is 78.2 Å². The van der Waals surface area contributed by atoms with Crippen LogP contribution in [0.25, 0.3) is 0 Å². The molecule has 4 fully saturated rings. The van der Waals surface area contributed by atoms with Gasteiger partial charge in [-0.1, -0.05) is 6.42 Å². The molecule has 3 aliphatic heterocycles. The average molecular weight is 477 g/mol. The van der Waals surface area contributed by atoms with E-state index in [2.05, 4.69) is 21.3 Å². The molecule has 188 valence electrons. The lowest BCUT2D eigenvalue weighted by molar-refractivity contribution is -0.143. The number of fused-ring (bicyclic) bond motifs is 1. The number of rotatable bonds is 7. The van der Waals surface area contributed by atoms with Crippen LogP contribution in [0.2, 0.25) is 0 Å². The first-order valence-electron chi connectivity index (χ1n) is 12.5. The highest BCUT2D eigenvalue weighted by molar-refractivity contribution is 5.97. The second kappa shape index (κ2) is 10.7. The summed E-state index contributed by atoms with van der Waals surface area (Å²) in [6, 6.07) is -2.43. The van der Waals surface area contributed by atoms with Gasteiger partial charge >= 0.3 is 0 Å². The number of carbonyl (C=O) groups is 5. The molecule has 0 aromatic rings. The zero-order chi connectivity index (χ0) is 24.2. The molecule has 4 rings (SSSR count). The SMILES string of the molecule is NC(=O)CC(NC(=O)C1CCC(=O)N1)C(=O)N1CCCC1C(=O)NC1CCCC2CNCCC21. The molecule has 6 atom stereocenters. The summed E-state index contributed by atoms with van der Waals surface area (Å²) >= 11 is 0. The molecule has 5 amide bonds. The lowest BCUT2D eigenvalue weighted by Gasteiger charge is -2.42. The van der Waals surface area contributed by atoms with Crippen molar-refractivity contribution >= 4 is 29.5 Å². The molecule has 1 saturated carbocycles. The van der Waals surface area contributed by atoms with Gasteiger partial charge in [-0.15, -0.1) is 0 Å². The van der Waals surface area contributed by atoms with Crippen molar-refractivity contribution in [2.45, 2.75) is 82.0 Å². The van der Waals surface area contributed by atoms with E-state index in [9.17, 15) is 24.0 Å². The number of carbonyl (C=O) groups excluding carboxylic acids is 5. The predicted molar refractivity (Wildman–Crippen MR) is 122 cm³/mol. The number of primary amides is 1. The van der Waals surface area contributed by atoms with Gasteiger partial charge in [0, 0.05) is 19.0 Å². The molecule has 3 saturated heterocycles. The average Bonchev–Trinajstić information content (AvgIpc) is 3.47. The second-order valence-electron chi connectivity index (χ2n) is 10.0. The Hall–Kier alpha value is -2.69. The molecule has 3 heterocycles. The van der Waals surface area contributed by atoms with Crippen LogP contribution in [0.4, 0.5) is 0 Å². The lowest BCUT2D eigenvalue weighted by atomic mass is 9.72. The van der Waals surface area contributed by atoms with Gasteiger partial charge in [-0.05, 0) is 63.5 Å². The Morgan fingerprint density at radius 3 is 2.62 bits per heavy atom. The minimum absolute atomic E-state index is 0.109. The van der Waals surface area contributed by atoms with Gasteiger partial charge in [-0.25, -0.2) is 0 Å². The Kier molecular flexibility index (Phi) is 7.70. The predicted octanol–water partition coefficient (Wildman–Crippen LogP) is -1.49. The van der Waals surface area contributed by atoms with Gasteiger partial charge in [0.2, 0.25) is 29.5 Å². The molecule has 0 bridgehead atoms. The molecule has 11 nitrogen and oxygen atoms in total. The topological polar surface area (TPSA) is 163 Å². The maximum atomic E-state index is 13.4. The van der Waals surface area contributed by atoms with Gasteiger partial charge in [-0.3, -0.25) is 24.0 Å². The highest BCUT2D eigenvalue weighted by Gasteiger charge is 2.41. The first kappa shape index (κ1) is 24.4. The van der Waals surface area contributed by atoms with Gasteiger partial charge in [0.1, 0.15) is 18.1 Å².